The molecule has 1 aromatic carbocycles. The quantitative estimate of drug-likeness (QED) is 0.640. The van der Waals surface area contributed by atoms with Crippen molar-refractivity contribution in [2.24, 2.45) is 11.3 Å². The van der Waals surface area contributed by atoms with Crippen molar-refractivity contribution in [1.82, 2.24) is 5.43 Å². The summed E-state index contributed by atoms with van der Waals surface area (Å²) in [7, 11) is 0. The van der Waals surface area contributed by atoms with Crippen molar-refractivity contribution < 1.29 is 0 Å². The first-order valence-corrected chi connectivity index (χ1v) is 7.17. The molecule has 0 fully saturated rings. The molecule has 0 aliphatic heterocycles. The van der Waals surface area contributed by atoms with Crippen LogP contribution in [0, 0.1) is 5.41 Å². The average Bonchev–Trinajstić information content (AvgIpc) is 2.26. The molecule has 0 saturated carbocycles. The summed E-state index contributed by atoms with van der Waals surface area (Å²) >= 11 is 0. The van der Waals surface area contributed by atoms with Crippen LogP contribution in [0.5, 0.6) is 0 Å². The molecule has 0 amide bonds. The summed E-state index contributed by atoms with van der Waals surface area (Å²) in [5.41, 5.74) is 6.19. The second-order valence-electron chi connectivity index (χ2n) is 7.78. The molecule has 2 nitrogen and oxygen atoms in total. The Morgan fingerprint density at radius 2 is 1.53 bits per heavy atom. The van der Waals surface area contributed by atoms with Gasteiger partial charge in [-0.05, 0) is 34.8 Å². The maximum absolute atomic E-state index is 5.68. The predicted molar refractivity (Wildman–Crippen MR) is 84.0 cm³/mol. The molecule has 0 spiro atoms. The third-order valence-corrected chi connectivity index (χ3v) is 3.40. The maximum Gasteiger partial charge on any atom is 0.0255 e. The van der Waals surface area contributed by atoms with Crippen LogP contribution in [0.2, 0.25) is 0 Å². The van der Waals surface area contributed by atoms with Crippen molar-refractivity contribution in [1.29, 1.82) is 0 Å². The van der Waals surface area contributed by atoms with Gasteiger partial charge in [0.15, 0.2) is 0 Å². The minimum absolute atomic E-state index is 0.218. The van der Waals surface area contributed by atoms with Gasteiger partial charge in [-0.1, -0.05) is 65.8 Å². The summed E-state index contributed by atoms with van der Waals surface area (Å²) in [6, 6.07) is 9.27. The van der Waals surface area contributed by atoms with E-state index in [0.29, 0.717) is 11.5 Å². The number of nitrogens with one attached hydrogen (secondary N) is 1. The molecule has 0 aromatic heterocycles. The molecule has 0 aliphatic rings. The average molecular weight is 262 g/mol. The molecule has 0 heterocycles. The van der Waals surface area contributed by atoms with E-state index < -0.39 is 0 Å². The van der Waals surface area contributed by atoms with Crippen LogP contribution in [-0.4, -0.2) is 6.04 Å². The van der Waals surface area contributed by atoms with E-state index in [1.165, 1.54) is 11.1 Å². The fourth-order valence-corrected chi connectivity index (χ4v) is 2.35. The molecule has 3 N–H and O–H groups in total. The molecule has 0 radical (unpaired) electrons. The first kappa shape index (κ1) is 16.2. The van der Waals surface area contributed by atoms with Gasteiger partial charge in [-0.3, -0.25) is 11.3 Å². The number of hydrogen-bond donors (Lipinski definition) is 2. The molecule has 0 bridgehead atoms. The van der Waals surface area contributed by atoms with E-state index in [2.05, 4.69) is 71.2 Å². The van der Waals surface area contributed by atoms with Gasteiger partial charge in [0.05, 0.1) is 0 Å². The lowest BCUT2D eigenvalue weighted by Gasteiger charge is -2.26. The smallest absolute Gasteiger partial charge is 0.0255 e. The van der Waals surface area contributed by atoms with Gasteiger partial charge in [0, 0.05) is 6.04 Å². The molecule has 0 aliphatic carbocycles. The minimum atomic E-state index is 0.218. The summed E-state index contributed by atoms with van der Waals surface area (Å²) in [5.74, 6) is 5.68. The lowest BCUT2D eigenvalue weighted by molar-refractivity contribution is 0.308. The summed E-state index contributed by atoms with van der Waals surface area (Å²) in [4.78, 5) is 0. The second kappa shape index (κ2) is 6.06. The van der Waals surface area contributed by atoms with E-state index in [9.17, 15) is 0 Å². The third-order valence-electron chi connectivity index (χ3n) is 3.40. The number of hydrazine groups is 1. The highest BCUT2D eigenvalue weighted by Crippen LogP contribution is 2.24. The molecular formula is C17H30N2. The van der Waals surface area contributed by atoms with Gasteiger partial charge < -0.3 is 0 Å². The van der Waals surface area contributed by atoms with Crippen LogP contribution in [-0.2, 0) is 11.8 Å². The van der Waals surface area contributed by atoms with Gasteiger partial charge in [-0.25, -0.2) is 0 Å². The lowest BCUT2D eigenvalue weighted by atomic mass is 9.84. The van der Waals surface area contributed by atoms with Gasteiger partial charge >= 0.3 is 0 Å². The van der Waals surface area contributed by atoms with Crippen LogP contribution in [0.25, 0.3) is 0 Å². The van der Waals surface area contributed by atoms with Crippen molar-refractivity contribution in [3.05, 3.63) is 35.4 Å². The second-order valence-corrected chi connectivity index (χ2v) is 7.78. The lowest BCUT2D eigenvalue weighted by Crippen LogP contribution is -2.39. The van der Waals surface area contributed by atoms with Crippen molar-refractivity contribution in [2.75, 3.05) is 0 Å². The molecule has 108 valence electrons. The first-order valence-electron chi connectivity index (χ1n) is 7.17. The van der Waals surface area contributed by atoms with E-state index in [1.54, 1.807) is 0 Å². The molecule has 1 rings (SSSR count). The highest BCUT2D eigenvalue weighted by molar-refractivity contribution is 5.28. The molecule has 1 aromatic rings. The van der Waals surface area contributed by atoms with Crippen LogP contribution in [0.3, 0.4) is 0 Å². The van der Waals surface area contributed by atoms with Crippen molar-refractivity contribution in [2.45, 2.75) is 65.8 Å². The normalized spacial score (nSPS) is 14.5. The number of benzene rings is 1. The zero-order chi connectivity index (χ0) is 14.7. The zero-order valence-corrected chi connectivity index (χ0v) is 13.4. The van der Waals surface area contributed by atoms with E-state index in [4.69, 9.17) is 5.84 Å². The molecule has 1 atom stereocenters. The van der Waals surface area contributed by atoms with E-state index in [-0.39, 0.29) is 5.41 Å². The van der Waals surface area contributed by atoms with Gasteiger partial charge in [0.1, 0.15) is 0 Å². The number of nitrogens with two attached hydrogens (primary N) is 1. The largest absolute Gasteiger partial charge is 0.271 e. The third kappa shape index (κ3) is 5.75. The Morgan fingerprint density at radius 3 is 1.89 bits per heavy atom. The fraction of sp³-hybridized carbons (Fsp3) is 0.647. The van der Waals surface area contributed by atoms with Gasteiger partial charge in [-0.15, -0.1) is 0 Å². The standard InChI is InChI=1S/C17H30N2/c1-16(2,3)12-15(19-18)11-13-7-9-14(10-8-13)17(4,5)6/h7-10,15,19H,11-12,18H2,1-6H3. The van der Waals surface area contributed by atoms with E-state index >= 15 is 0 Å². The number of hydrogen-bond acceptors (Lipinski definition) is 2. The summed E-state index contributed by atoms with van der Waals surface area (Å²) in [5, 5.41) is 0. The van der Waals surface area contributed by atoms with Crippen LogP contribution in [0.1, 0.15) is 59.1 Å². The van der Waals surface area contributed by atoms with Gasteiger partial charge in [0.25, 0.3) is 0 Å². The van der Waals surface area contributed by atoms with Crippen LogP contribution in [0.15, 0.2) is 24.3 Å². The van der Waals surface area contributed by atoms with Crippen molar-refractivity contribution >= 4 is 0 Å². The Morgan fingerprint density at radius 1 is 1.00 bits per heavy atom. The SMILES string of the molecule is CC(C)(C)CC(Cc1ccc(C(C)(C)C)cc1)NN. The van der Waals surface area contributed by atoms with Gasteiger partial charge in [0.2, 0.25) is 0 Å². The maximum atomic E-state index is 5.68. The van der Waals surface area contributed by atoms with Crippen molar-refractivity contribution in [3.8, 4) is 0 Å². The van der Waals surface area contributed by atoms with Crippen LogP contribution >= 0.6 is 0 Å². The molecule has 19 heavy (non-hydrogen) atoms. The first-order chi connectivity index (χ1) is 8.62. The van der Waals surface area contributed by atoms with Gasteiger partial charge in [-0.2, -0.15) is 0 Å². The molecule has 1 unspecified atom stereocenters. The Balaban J connectivity index is 2.71. The van der Waals surface area contributed by atoms with Crippen molar-refractivity contribution in [3.63, 3.8) is 0 Å². The molecular weight excluding hydrogens is 232 g/mol. The minimum Gasteiger partial charge on any atom is -0.271 e. The predicted octanol–water partition coefficient (Wildman–Crippen LogP) is 3.79. The van der Waals surface area contributed by atoms with Crippen LogP contribution in [0.4, 0.5) is 0 Å². The Labute approximate surface area is 118 Å². The molecule has 0 saturated heterocycles. The zero-order valence-electron chi connectivity index (χ0n) is 13.4. The Bertz CT molecular complexity index is 379. The summed E-state index contributed by atoms with van der Waals surface area (Å²) in [6.45, 7) is 13.5. The topological polar surface area (TPSA) is 38.0 Å². The van der Waals surface area contributed by atoms with E-state index in [0.717, 1.165) is 12.8 Å². The fourth-order valence-electron chi connectivity index (χ4n) is 2.35. The Hall–Kier alpha value is -0.860. The molecule has 2 heteroatoms. The summed E-state index contributed by atoms with van der Waals surface area (Å²) < 4.78 is 0. The monoisotopic (exact) mass is 262 g/mol. The van der Waals surface area contributed by atoms with E-state index in [1.807, 2.05) is 0 Å². The highest BCUT2D eigenvalue weighted by Gasteiger charge is 2.18. The number of rotatable bonds is 4. The Kier molecular flexibility index (Phi) is 5.17. The summed E-state index contributed by atoms with van der Waals surface area (Å²) in [6.07, 6.45) is 2.06. The van der Waals surface area contributed by atoms with Crippen LogP contribution < -0.4 is 11.3 Å². The highest BCUT2D eigenvalue weighted by atomic mass is 15.2.